The van der Waals surface area contributed by atoms with E-state index in [1.165, 1.54) is 99.7 Å². The standard InChI is InChI=1S/C71H57N3/c1-5-22-55-56(23-6-2)66(47-26-12-8-13-27-47)68(49-40-42-52(43-41-49)74-63-35-21-18-31-54(63)59-44-58-53-30-16-19-33-60(53)71(3,4)61(58)45-64(59)74)67(65(55)46-24-10-7-11-25-46)48-36-38-50(39-37-48)69-57-32-17-20-34-62(57)72-70(73-69)51-28-14-9-15-29-51/h7-21,24-45H,5-6,22-23H2,1-4H3. The normalized spacial score (nSPS) is 12.6. The minimum absolute atomic E-state index is 0.113. The smallest absolute Gasteiger partial charge is 0.160 e. The van der Waals surface area contributed by atoms with E-state index in [2.05, 4.69) is 251 Å². The Labute approximate surface area is 434 Å². The van der Waals surface area contributed by atoms with Crippen LogP contribution in [-0.4, -0.2) is 14.5 Å². The summed E-state index contributed by atoms with van der Waals surface area (Å²) in [6, 6.07) is 82.6. The molecule has 0 amide bonds. The zero-order chi connectivity index (χ0) is 49.9. The SMILES string of the molecule is CCCc1c(CCC)c(-c2ccccc2)c(-c2ccc(-n3c4ccccc4c4cc5c(cc43)C(C)(C)c3ccccc3-5)cc2)c(-c2ccc(-c3nc(-c4ccccc4)nc4ccccc34)cc2)c1-c1ccccc1. The van der Waals surface area contributed by atoms with E-state index >= 15 is 0 Å². The van der Waals surface area contributed by atoms with Crippen LogP contribution in [0.5, 0.6) is 0 Å². The van der Waals surface area contributed by atoms with Gasteiger partial charge < -0.3 is 4.57 Å². The number of fused-ring (bicyclic) bond motifs is 7. The van der Waals surface area contributed by atoms with Gasteiger partial charge in [-0.05, 0) is 127 Å². The number of aromatic nitrogens is 3. The van der Waals surface area contributed by atoms with Crippen LogP contribution in [0.25, 0.3) is 117 Å². The molecule has 0 N–H and O–H groups in total. The van der Waals surface area contributed by atoms with Crippen LogP contribution in [0.2, 0.25) is 0 Å². The number of hydrogen-bond acceptors (Lipinski definition) is 2. The maximum atomic E-state index is 5.29. The molecule has 0 saturated heterocycles. The van der Waals surface area contributed by atoms with Crippen LogP contribution in [0.3, 0.4) is 0 Å². The van der Waals surface area contributed by atoms with Gasteiger partial charge in [-0.15, -0.1) is 0 Å². The lowest BCUT2D eigenvalue weighted by Gasteiger charge is -2.28. The molecule has 1 aliphatic rings. The first-order valence-electron chi connectivity index (χ1n) is 26.4. The molecular formula is C71H57N3. The van der Waals surface area contributed by atoms with Gasteiger partial charge in [0.25, 0.3) is 0 Å². The third kappa shape index (κ3) is 7.40. The molecule has 74 heavy (non-hydrogen) atoms. The number of nitrogens with zero attached hydrogens (tertiary/aromatic N) is 3. The lowest BCUT2D eigenvalue weighted by Crippen LogP contribution is -2.14. The highest BCUT2D eigenvalue weighted by molar-refractivity contribution is 6.12. The third-order valence-electron chi connectivity index (χ3n) is 15.7. The molecule has 10 aromatic carbocycles. The van der Waals surface area contributed by atoms with Crippen molar-refractivity contribution in [2.75, 3.05) is 0 Å². The second kappa shape index (κ2) is 18.4. The Morgan fingerprint density at radius 3 is 1.50 bits per heavy atom. The van der Waals surface area contributed by atoms with Crippen LogP contribution in [0.15, 0.2) is 224 Å². The van der Waals surface area contributed by atoms with Gasteiger partial charge in [-0.2, -0.15) is 0 Å². The largest absolute Gasteiger partial charge is 0.309 e. The van der Waals surface area contributed by atoms with Crippen LogP contribution < -0.4 is 0 Å². The second-order valence-electron chi connectivity index (χ2n) is 20.5. The van der Waals surface area contributed by atoms with Gasteiger partial charge >= 0.3 is 0 Å². The fraction of sp³-hybridized carbons (Fsp3) is 0.127. The average Bonchev–Trinajstić information content (AvgIpc) is 3.90. The fourth-order valence-corrected chi connectivity index (χ4v) is 12.4. The van der Waals surface area contributed by atoms with Gasteiger partial charge in [0.05, 0.1) is 22.2 Å². The second-order valence-corrected chi connectivity index (χ2v) is 20.5. The Morgan fingerprint density at radius 1 is 0.378 bits per heavy atom. The topological polar surface area (TPSA) is 30.7 Å². The summed E-state index contributed by atoms with van der Waals surface area (Å²) in [4.78, 5) is 10.3. The monoisotopic (exact) mass is 951 g/mol. The summed E-state index contributed by atoms with van der Waals surface area (Å²) in [5.74, 6) is 0.725. The van der Waals surface area contributed by atoms with Gasteiger partial charge in [0.15, 0.2) is 5.82 Å². The minimum Gasteiger partial charge on any atom is -0.309 e. The summed E-state index contributed by atoms with van der Waals surface area (Å²) >= 11 is 0. The van der Waals surface area contributed by atoms with Crippen LogP contribution in [0.1, 0.15) is 62.8 Å². The van der Waals surface area contributed by atoms with Crippen molar-refractivity contribution < 1.29 is 0 Å². The van der Waals surface area contributed by atoms with Gasteiger partial charge in [-0.1, -0.05) is 229 Å². The highest BCUT2D eigenvalue weighted by Gasteiger charge is 2.36. The van der Waals surface area contributed by atoms with Gasteiger partial charge in [-0.25, -0.2) is 9.97 Å². The van der Waals surface area contributed by atoms with Gasteiger partial charge in [0.1, 0.15) is 0 Å². The maximum Gasteiger partial charge on any atom is 0.160 e. The van der Waals surface area contributed by atoms with Crippen LogP contribution in [0, 0.1) is 0 Å². The number of para-hydroxylation sites is 2. The Morgan fingerprint density at radius 2 is 0.878 bits per heavy atom. The van der Waals surface area contributed by atoms with Gasteiger partial charge in [-0.3, -0.25) is 0 Å². The summed E-state index contributed by atoms with van der Waals surface area (Å²) in [6.07, 6.45) is 4.01. The Hall–Kier alpha value is -8.66. The lowest BCUT2D eigenvalue weighted by molar-refractivity contribution is 0.661. The average molecular weight is 952 g/mol. The van der Waals surface area contributed by atoms with E-state index < -0.39 is 0 Å². The van der Waals surface area contributed by atoms with Gasteiger partial charge in [0.2, 0.25) is 0 Å². The molecule has 0 unspecified atom stereocenters. The molecule has 2 heterocycles. The fourth-order valence-electron chi connectivity index (χ4n) is 12.4. The molecule has 2 aromatic heterocycles. The predicted molar refractivity (Wildman–Crippen MR) is 312 cm³/mol. The van der Waals surface area contributed by atoms with Crippen LogP contribution in [0.4, 0.5) is 0 Å². The van der Waals surface area contributed by atoms with E-state index in [0.29, 0.717) is 0 Å². The molecule has 0 radical (unpaired) electrons. The highest BCUT2D eigenvalue weighted by Crippen LogP contribution is 2.53. The van der Waals surface area contributed by atoms with E-state index in [9.17, 15) is 0 Å². The molecule has 356 valence electrons. The van der Waals surface area contributed by atoms with E-state index in [1.807, 2.05) is 6.07 Å². The first kappa shape index (κ1) is 45.2. The molecule has 0 spiro atoms. The van der Waals surface area contributed by atoms with Crippen molar-refractivity contribution in [2.24, 2.45) is 0 Å². The molecular weight excluding hydrogens is 895 g/mol. The van der Waals surface area contributed by atoms with Crippen molar-refractivity contribution in [1.29, 1.82) is 0 Å². The molecule has 0 bridgehead atoms. The van der Waals surface area contributed by atoms with E-state index in [4.69, 9.17) is 9.97 Å². The summed E-state index contributed by atoms with van der Waals surface area (Å²) in [5.41, 5.74) is 25.7. The maximum absolute atomic E-state index is 5.29. The van der Waals surface area contributed by atoms with Crippen molar-refractivity contribution in [1.82, 2.24) is 14.5 Å². The summed E-state index contributed by atoms with van der Waals surface area (Å²) in [6.45, 7) is 9.41. The molecule has 12 aromatic rings. The predicted octanol–water partition coefficient (Wildman–Crippen LogP) is 18.9. The van der Waals surface area contributed by atoms with E-state index in [-0.39, 0.29) is 5.41 Å². The lowest BCUT2D eigenvalue weighted by atomic mass is 9.75. The highest BCUT2D eigenvalue weighted by atomic mass is 15.0. The summed E-state index contributed by atoms with van der Waals surface area (Å²) < 4.78 is 2.49. The zero-order valence-corrected chi connectivity index (χ0v) is 42.5. The van der Waals surface area contributed by atoms with Crippen LogP contribution in [-0.2, 0) is 18.3 Å². The van der Waals surface area contributed by atoms with Crippen molar-refractivity contribution >= 4 is 32.7 Å². The van der Waals surface area contributed by atoms with Crippen molar-refractivity contribution in [3.63, 3.8) is 0 Å². The molecule has 3 nitrogen and oxygen atoms in total. The Bertz CT molecular complexity index is 4070. The molecule has 0 fully saturated rings. The molecule has 0 atom stereocenters. The molecule has 13 rings (SSSR count). The van der Waals surface area contributed by atoms with E-state index in [1.54, 1.807) is 0 Å². The van der Waals surface area contributed by atoms with Crippen molar-refractivity contribution in [3.8, 4) is 84.0 Å². The molecule has 3 heteroatoms. The third-order valence-corrected chi connectivity index (χ3v) is 15.7. The first-order chi connectivity index (χ1) is 36.4. The number of hydrogen-bond donors (Lipinski definition) is 0. The van der Waals surface area contributed by atoms with Crippen molar-refractivity contribution in [2.45, 2.75) is 58.8 Å². The minimum atomic E-state index is -0.113. The van der Waals surface area contributed by atoms with Gasteiger partial charge in [0, 0.05) is 38.4 Å². The summed E-state index contributed by atoms with van der Waals surface area (Å²) in [7, 11) is 0. The Balaban J connectivity index is 1.06. The van der Waals surface area contributed by atoms with Crippen LogP contribution >= 0.6 is 0 Å². The zero-order valence-electron chi connectivity index (χ0n) is 42.5. The van der Waals surface area contributed by atoms with Crippen molar-refractivity contribution in [3.05, 3.63) is 247 Å². The summed E-state index contributed by atoms with van der Waals surface area (Å²) in [5, 5.41) is 3.58. The quantitative estimate of drug-likeness (QED) is 0.129. The number of rotatable bonds is 11. The Kier molecular flexibility index (Phi) is 11.3. The number of benzene rings is 10. The molecule has 0 aliphatic heterocycles. The van der Waals surface area contributed by atoms with E-state index in [0.717, 1.165) is 64.9 Å². The first-order valence-corrected chi connectivity index (χ1v) is 26.4. The molecule has 1 aliphatic carbocycles. The molecule has 0 saturated carbocycles.